The van der Waals surface area contributed by atoms with Gasteiger partial charge in [0.1, 0.15) is 17.0 Å². The second kappa shape index (κ2) is 7.65. The molecule has 4 rings (SSSR count). The fourth-order valence-electron chi connectivity index (χ4n) is 4.50. The highest BCUT2D eigenvalue weighted by molar-refractivity contribution is 6.00. The number of para-hydroxylation sites is 1. The van der Waals surface area contributed by atoms with E-state index in [1.165, 1.54) is 0 Å². The Hall–Kier alpha value is -2.63. The molecule has 1 fully saturated rings. The largest absolute Gasteiger partial charge is 0.486 e. The quantitative estimate of drug-likeness (QED) is 0.796. The topological polar surface area (TPSA) is 64.4 Å². The van der Waals surface area contributed by atoms with E-state index in [1.807, 2.05) is 42.3 Å². The van der Waals surface area contributed by atoms with Gasteiger partial charge in [0.05, 0.1) is 17.7 Å². The molecule has 0 radical (unpaired) electrons. The predicted molar refractivity (Wildman–Crippen MR) is 110 cm³/mol. The van der Waals surface area contributed by atoms with Gasteiger partial charge in [0.15, 0.2) is 5.78 Å². The van der Waals surface area contributed by atoms with Crippen molar-refractivity contribution < 1.29 is 14.3 Å². The molecule has 2 aliphatic heterocycles. The summed E-state index contributed by atoms with van der Waals surface area (Å²) in [6, 6.07) is 9.38. The van der Waals surface area contributed by atoms with Crippen LogP contribution in [0, 0.1) is 5.92 Å². The van der Waals surface area contributed by atoms with E-state index in [1.54, 1.807) is 4.68 Å². The van der Waals surface area contributed by atoms with Crippen molar-refractivity contribution in [3.05, 3.63) is 47.3 Å². The number of aryl methyl sites for hydroxylation is 1. The molecule has 1 spiro atoms. The molecule has 0 bridgehead atoms. The maximum absolute atomic E-state index is 13.2. The number of nitrogens with zero attached hydrogens (tertiary/aromatic N) is 3. The summed E-state index contributed by atoms with van der Waals surface area (Å²) in [5, 5.41) is 4.51. The summed E-state index contributed by atoms with van der Waals surface area (Å²) >= 11 is 0. The maximum atomic E-state index is 13.2. The molecule has 29 heavy (non-hydrogen) atoms. The van der Waals surface area contributed by atoms with E-state index >= 15 is 0 Å². The highest BCUT2D eigenvalue weighted by Crippen LogP contribution is 2.39. The van der Waals surface area contributed by atoms with Crippen LogP contribution in [-0.2, 0) is 13.5 Å². The molecule has 0 N–H and O–H groups in total. The van der Waals surface area contributed by atoms with Crippen LogP contribution in [0.4, 0.5) is 0 Å². The third-order valence-corrected chi connectivity index (χ3v) is 5.95. The summed E-state index contributed by atoms with van der Waals surface area (Å²) < 4.78 is 8.03. The Morgan fingerprint density at radius 2 is 2.03 bits per heavy atom. The van der Waals surface area contributed by atoms with E-state index in [9.17, 15) is 9.59 Å². The zero-order valence-corrected chi connectivity index (χ0v) is 17.5. The van der Waals surface area contributed by atoms with Crippen LogP contribution in [0.3, 0.4) is 0 Å². The van der Waals surface area contributed by atoms with Crippen molar-refractivity contribution >= 4 is 11.7 Å². The van der Waals surface area contributed by atoms with E-state index in [2.05, 4.69) is 18.9 Å². The Morgan fingerprint density at radius 1 is 1.24 bits per heavy atom. The van der Waals surface area contributed by atoms with Gasteiger partial charge in [0.2, 0.25) is 0 Å². The zero-order valence-electron chi connectivity index (χ0n) is 17.5. The first kappa shape index (κ1) is 19.7. The Morgan fingerprint density at radius 3 is 2.83 bits per heavy atom. The number of Topliss-reactive ketones (excluding diaryl/α,β-unsaturated/α-hetero) is 1. The number of ketones is 1. The van der Waals surface area contributed by atoms with Gasteiger partial charge in [-0.1, -0.05) is 26.0 Å². The molecule has 3 heterocycles. The van der Waals surface area contributed by atoms with Crippen LogP contribution in [-0.4, -0.2) is 45.1 Å². The number of carbonyl (C=O) groups excluding carboxylic acids is 2. The molecule has 1 aromatic heterocycles. The van der Waals surface area contributed by atoms with E-state index in [-0.39, 0.29) is 11.7 Å². The second-order valence-corrected chi connectivity index (χ2v) is 8.77. The van der Waals surface area contributed by atoms with E-state index in [0.29, 0.717) is 48.9 Å². The summed E-state index contributed by atoms with van der Waals surface area (Å²) in [5.74, 6) is 1.31. The lowest BCUT2D eigenvalue weighted by atomic mass is 9.84. The first-order chi connectivity index (χ1) is 13.9. The molecule has 1 aromatic carbocycles. The SMILES string of the molecule is CC(C)Cc1cc(C(=O)N2CCCC3(CC2)CC(=O)c2ccccc2O3)n(C)n1. The van der Waals surface area contributed by atoms with Gasteiger partial charge in [0, 0.05) is 26.6 Å². The third-order valence-electron chi connectivity index (χ3n) is 5.95. The van der Waals surface area contributed by atoms with Gasteiger partial charge in [-0.2, -0.15) is 5.10 Å². The number of hydrogen-bond donors (Lipinski definition) is 0. The highest BCUT2D eigenvalue weighted by atomic mass is 16.5. The number of likely N-dealkylation sites (tertiary alicyclic amines) is 1. The number of fused-ring (bicyclic) bond motifs is 1. The van der Waals surface area contributed by atoms with Crippen molar-refractivity contribution in [2.45, 2.75) is 51.6 Å². The normalized spacial score (nSPS) is 21.8. The van der Waals surface area contributed by atoms with Crippen LogP contribution in [0.15, 0.2) is 30.3 Å². The van der Waals surface area contributed by atoms with Gasteiger partial charge >= 0.3 is 0 Å². The monoisotopic (exact) mass is 395 g/mol. The molecule has 0 aliphatic carbocycles. The Labute approximate surface area is 171 Å². The Balaban J connectivity index is 1.49. The number of ether oxygens (including phenoxy) is 1. The number of carbonyl (C=O) groups is 2. The molecule has 154 valence electrons. The van der Waals surface area contributed by atoms with Crippen molar-refractivity contribution in [2.24, 2.45) is 13.0 Å². The molecule has 1 amide bonds. The molecular weight excluding hydrogens is 366 g/mol. The number of benzene rings is 1. The number of rotatable bonds is 3. The van der Waals surface area contributed by atoms with Crippen molar-refractivity contribution in [1.82, 2.24) is 14.7 Å². The lowest BCUT2D eigenvalue weighted by Crippen LogP contribution is -2.43. The van der Waals surface area contributed by atoms with Crippen molar-refractivity contribution in [2.75, 3.05) is 13.1 Å². The standard InChI is InChI=1S/C23H29N3O3/c1-16(2)13-17-14-19(25(3)24-17)22(28)26-11-6-9-23(10-12-26)15-20(27)18-7-4-5-8-21(18)29-23/h4-5,7-8,14,16H,6,9-13,15H2,1-3H3. The minimum atomic E-state index is -0.504. The Kier molecular flexibility index (Phi) is 5.19. The van der Waals surface area contributed by atoms with E-state index in [0.717, 1.165) is 25.0 Å². The summed E-state index contributed by atoms with van der Waals surface area (Å²) in [5.41, 5.74) is 1.75. The molecule has 6 nitrogen and oxygen atoms in total. The minimum absolute atomic E-state index is 0.00888. The van der Waals surface area contributed by atoms with Crippen LogP contribution in [0.25, 0.3) is 0 Å². The van der Waals surface area contributed by atoms with Gasteiger partial charge < -0.3 is 9.64 Å². The van der Waals surface area contributed by atoms with Gasteiger partial charge in [-0.25, -0.2) is 0 Å². The van der Waals surface area contributed by atoms with Crippen LogP contribution >= 0.6 is 0 Å². The molecule has 2 aromatic rings. The molecular formula is C23H29N3O3. The summed E-state index contributed by atoms with van der Waals surface area (Å²) in [7, 11) is 1.83. The fourth-order valence-corrected chi connectivity index (χ4v) is 4.50. The van der Waals surface area contributed by atoms with Crippen LogP contribution in [0.5, 0.6) is 5.75 Å². The van der Waals surface area contributed by atoms with Crippen LogP contribution in [0.1, 0.15) is 66.1 Å². The van der Waals surface area contributed by atoms with E-state index in [4.69, 9.17) is 4.74 Å². The molecule has 6 heteroatoms. The van der Waals surface area contributed by atoms with E-state index < -0.39 is 5.60 Å². The fraction of sp³-hybridized carbons (Fsp3) is 0.522. The van der Waals surface area contributed by atoms with Crippen LogP contribution in [0.2, 0.25) is 0 Å². The molecule has 1 saturated heterocycles. The lowest BCUT2D eigenvalue weighted by Gasteiger charge is -2.37. The minimum Gasteiger partial charge on any atom is -0.486 e. The smallest absolute Gasteiger partial charge is 0.272 e. The number of amides is 1. The highest BCUT2D eigenvalue weighted by Gasteiger charge is 2.42. The van der Waals surface area contributed by atoms with Crippen molar-refractivity contribution in [1.29, 1.82) is 0 Å². The number of aromatic nitrogens is 2. The van der Waals surface area contributed by atoms with Gasteiger partial charge in [-0.05, 0) is 43.4 Å². The second-order valence-electron chi connectivity index (χ2n) is 8.77. The van der Waals surface area contributed by atoms with Crippen molar-refractivity contribution in [3.63, 3.8) is 0 Å². The molecule has 1 unspecified atom stereocenters. The van der Waals surface area contributed by atoms with Gasteiger partial charge in [-0.15, -0.1) is 0 Å². The Bertz CT molecular complexity index is 933. The molecule has 1 atom stereocenters. The van der Waals surface area contributed by atoms with Gasteiger partial charge in [0.25, 0.3) is 5.91 Å². The van der Waals surface area contributed by atoms with Crippen LogP contribution < -0.4 is 4.74 Å². The summed E-state index contributed by atoms with van der Waals surface area (Å²) in [4.78, 5) is 27.7. The first-order valence-electron chi connectivity index (χ1n) is 10.5. The molecule has 2 aliphatic rings. The van der Waals surface area contributed by atoms with Crippen molar-refractivity contribution in [3.8, 4) is 5.75 Å². The predicted octanol–water partition coefficient (Wildman–Crippen LogP) is 3.65. The zero-order chi connectivity index (χ0) is 20.6. The average molecular weight is 396 g/mol. The average Bonchev–Trinajstić information content (AvgIpc) is 2.90. The molecule has 0 saturated carbocycles. The van der Waals surface area contributed by atoms with Gasteiger partial charge in [-0.3, -0.25) is 14.3 Å². The third kappa shape index (κ3) is 3.93. The number of hydrogen-bond acceptors (Lipinski definition) is 4. The first-order valence-corrected chi connectivity index (χ1v) is 10.5. The summed E-state index contributed by atoms with van der Waals surface area (Å²) in [6.45, 7) is 5.55. The maximum Gasteiger partial charge on any atom is 0.272 e. The lowest BCUT2D eigenvalue weighted by molar-refractivity contribution is 0.0300. The summed E-state index contributed by atoms with van der Waals surface area (Å²) in [6.07, 6.45) is 3.50.